The van der Waals surface area contributed by atoms with Gasteiger partial charge in [-0.25, -0.2) is 0 Å². The van der Waals surface area contributed by atoms with E-state index in [1.807, 2.05) is 31.2 Å². The summed E-state index contributed by atoms with van der Waals surface area (Å²) in [6, 6.07) is 12.8. The number of carbonyl (C=O) groups is 1. The first kappa shape index (κ1) is 13.1. The highest BCUT2D eigenvalue weighted by atomic mass is 16.5. The van der Waals surface area contributed by atoms with Gasteiger partial charge in [-0.3, -0.25) is 9.78 Å². The highest BCUT2D eigenvalue weighted by Gasteiger charge is 2.12. The number of benzene rings is 1. The van der Waals surface area contributed by atoms with Crippen molar-refractivity contribution >= 4 is 5.91 Å². The molecule has 1 N–H and O–H groups in total. The van der Waals surface area contributed by atoms with Crippen molar-refractivity contribution in [3.05, 3.63) is 59.9 Å². The molecule has 98 valence electrons. The molecule has 0 fully saturated rings. The minimum absolute atomic E-state index is 0.107. The average Bonchev–Trinajstić information content (AvgIpc) is 2.48. The third-order valence-corrected chi connectivity index (χ3v) is 2.84. The molecule has 0 saturated heterocycles. The standard InChI is InChI=1S/C15H16N2O2/c1-11(12-6-5-7-13(10-12)19-2)17-15(18)14-8-3-4-9-16-14/h3-11H,1-2H3,(H,17,18)/t11-/m0/s1. The van der Waals surface area contributed by atoms with Crippen molar-refractivity contribution in [3.63, 3.8) is 0 Å². The van der Waals surface area contributed by atoms with E-state index in [1.165, 1.54) is 0 Å². The zero-order chi connectivity index (χ0) is 13.7. The first-order chi connectivity index (χ1) is 9.20. The summed E-state index contributed by atoms with van der Waals surface area (Å²) in [6.07, 6.45) is 1.60. The molecule has 1 amide bonds. The number of pyridine rings is 1. The molecule has 1 heterocycles. The van der Waals surface area contributed by atoms with E-state index in [9.17, 15) is 4.79 Å². The van der Waals surface area contributed by atoms with Gasteiger partial charge in [-0.15, -0.1) is 0 Å². The van der Waals surface area contributed by atoms with E-state index in [-0.39, 0.29) is 11.9 Å². The predicted molar refractivity (Wildman–Crippen MR) is 73.1 cm³/mol. The van der Waals surface area contributed by atoms with Crippen molar-refractivity contribution < 1.29 is 9.53 Å². The topological polar surface area (TPSA) is 51.2 Å². The van der Waals surface area contributed by atoms with Crippen molar-refractivity contribution in [2.24, 2.45) is 0 Å². The SMILES string of the molecule is COc1cccc([C@H](C)NC(=O)c2ccccn2)c1. The maximum Gasteiger partial charge on any atom is 0.270 e. The molecule has 2 rings (SSSR count). The number of nitrogens with zero attached hydrogens (tertiary/aromatic N) is 1. The van der Waals surface area contributed by atoms with E-state index in [0.29, 0.717) is 5.69 Å². The van der Waals surface area contributed by atoms with E-state index in [4.69, 9.17) is 4.74 Å². The third-order valence-electron chi connectivity index (χ3n) is 2.84. The molecular weight excluding hydrogens is 240 g/mol. The number of amides is 1. The van der Waals surface area contributed by atoms with Crippen LogP contribution in [0.1, 0.15) is 29.0 Å². The molecule has 0 aliphatic rings. The molecule has 0 spiro atoms. The smallest absolute Gasteiger partial charge is 0.270 e. The first-order valence-electron chi connectivity index (χ1n) is 6.06. The Balaban J connectivity index is 2.08. The van der Waals surface area contributed by atoms with Crippen LogP contribution in [0.2, 0.25) is 0 Å². The molecule has 0 radical (unpaired) electrons. The molecular formula is C15H16N2O2. The van der Waals surface area contributed by atoms with E-state index >= 15 is 0 Å². The zero-order valence-electron chi connectivity index (χ0n) is 11.0. The lowest BCUT2D eigenvalue weighted by Crippen LogP contribution is -2.27. The molecule has 0 unspecified atom stereocenters. The average molecular weight is 256 g/mol. The fourth-order valence-electron chi connectivity index (χ4n) is 1.76. The lowest BCUT2D eigenvalue weighted by Gasteiger charge is -2.14. The maximum atomic E-state index is 12.0. The van der Waals surface area contributed by atoms with Gasteiger partial charge in [-0.05, 0) is 36.8 Å². The number of hydrogen-bond donors (Lipinski definition) is 1. The Morgan fingerprint density at radius 2 is 2.11 bits per heavy atom. The monoisotopic (exact) mass is 256 g/mol. The number of hydrogen-bond acceptors (Lipinski definition) is 3. The quantitative estimate of drug-likeness (QED) is 0.914. The van der Waals surface area contributed by atoms with Gasteiger partial charge in [0.15, 0.2) is 0 Å². The first-order valence-corrected chi connectivity index (χ1v) is 6.06. The van der Waals surface area contributed by atoms with Crippen LogP contribution >= 0.6 is 0 Å². The van der Waals surface area contributed by atoms with Crippen LogP contribution in [0.3, 0.4) is 0 Å². The summed E-state index contributed by atoms with van der Waals surface area (Å²) in [5, 5.41) is 2.91. The van der Waals surface area contributed by atoms with Crippen molar-refractivity contribution in [2.45, 2.75) is 13.0 Å². The van der Waals surface area contributed by atoms with Gasteiger partial charge >= 0.3 is 0 Å². The Hall–Kier alpha value is -2.36. The third kappa shape index (κ3) is 3.31. The van der Waals surface area contributed by atoms with Gasteiger partial charge in [0.05, 0.1) is 13.2 Å². The van der Waals surface area contributed by atoms with Gasteiger partial charge in [0.1, 0.15) is 11.4 Å². The normalized spacial score (nSPS) is 11.7. The molecule has 1 aromatic heterocycles. The molecule has 0 saturated carbocycles. The summed E-state index contributed by atoms with van der Waals surface area (Å²) >= 11 is 0. The Morgan fingerprint density at radius 3 is 2.79 bits per heavy atom. The molecule has 4 nitrogen and oxygen atoms in total. The molecule has 1 atom stereocenters. The molecule has 0 aliphatic heterocycles. The molecule has 1 aromatic carbocycles. The minimum Gasteiger partial charge on any atom is -0.497 e. The highest BCUT2D eigenvalue weighted by molar-refractivity contribution is 5.92. The fraction of sp³-hybridized carbons (Fsp3) is 0.200. The molecule has 0 bridgehead atoms. The number of aromatic nitrogens is 1. The number of nitrogens with one attached hydrogen (secondary N) is 1. The second-order valence-corrected chi connectivity index (χ2v) is 4.19. The van der Waals surface area contributed by atoms with E-state index in [2.05, 4.69) is 10.3 Å². The maximum absolute atomic E-state index is 12.0. The van der Waals surface area contributed by atoms with Gasteiger partial charge < -0.3 is 10.1 Å². The van der Waals surface area contributed by atoms with Crippen LogP contribution in [0.4, 0.5) is 0 Å². The Kier molecular flexibility index (Phi) is 4.13. The zero-order valence-corrected chi connectivity index (χ0v) is 11.0. The van der Waals surface area contributed by atoms with Crippen LogP contribution in [-0.2, 0) is 0 Å². The van der Waals surface area contributed by atoms with Crippen LogP contribution in [-0.4, -0.2) is 18.0 Å². The number of ether oxygens (including phenoxy) is 1. The highest BCUT2D eigenvalue weighted by Crippen LogP contribution is 2.18. The van der Waals surface area contributed by atoms with E-state index in [1.54, 1.807) is 31.5 Å². The van der Waals surface area contributed by atoms with Crippen LogP contribution in [0.15, 0.2) is 48.7 Å². The van der Waals surface area contributed by atoms with Crippen LogP contribution in [0.5, 0.6) is 5.75 Å². The minimum atomic E-state index is -0.184. The largest absolute Gasteiger partial charge is 0.497 e. The molecule has 4 heteroatoms. The Morgan fingerprint density at radius 1 is 1.26 bits per heavy atom. The van der Waals surface area contributed by atoms with E-state index < -0.39 is 0 Å². The Bertz CT molecular complexity index is 555. The number of carbonyl (C=O) groups excluding carboxylic acids is 1. The number of rotatable bonds is 4. The second kappa shape index (κ2) is 6.00. The summed E-state index contributed by atoms with van der Waals surface area (Å²) in [7, 11) is 1.62. The van der Waals surface area contributed by atoms with Crippen LogP contribution in [0, 0.1) is 0 Å². The van der Waals surface area contributed by atoms with Gasteiger partial charge in [0, 0.05) is 6.20 Å². The summed E-state index contributed by atoms with van der Waals surface area (Å²) in [6.45, 7) is 1.93. The van der Waals surface area contributed by atoms with Crippen molar-refractivity contribution in [3.8, 4) is 5.75 Å². The summed E-state index contributed by atoms with van der Waals surface area (Å²) < 4.78 is 5.17. The molecule has 2 aromatic rings. The summed E-state index contributed by atoms with van der Waals surface area (Å²) in [5.41, 5.74) is 1.40. The fourth-order valence-corrected chi connectivity index (χ4v) is 1.76. The number of methoxy groups -OCH3 is 1. The lowest BCUT2D eigenvalue weighted by molar-refractivity contribution is 0.0935. The van der Waals surface area contributed by atoms with Crippen molar-refractivity contribution in [2.75, 3.05) is 7.11 Å². The van der Waals surface area contributed by atoms with Gasteiger partial charge in [0.2, 0.25) is 0 Å². The lowest BCUT2D eigenvalue weighted by atomic mass is 10.1. The summed E-state index contributed by atoms with van der Waals surface area (Å²) in [5.74, 6) is 0.590. The second-order valence-electron chi connectivity index (χ2n) is 4.19. The van der Waals surface area contributed by atoms with Crippen LogP contribution in [0.25, 0.3) is 0 Å². The van der Waals surface area contributed by atoms with Crippen molar-refractivity contribution in [1.82, 2.24) is 10.3 Å². The van der Waals surface area contributed by atoms with Gasteiger partial charge in [0.25, 0.3) is 5.91 Å². The molecule has 19 heavy (non-hydrogen) atoms. The van der Waals surface area contributed by atoms with E-state index in [0.717, 1.165) is 11.3 Å². The predicted octanol–water partition coefficient (Wildman–Crippen LogP) is 2.58. The van der Waals surface area contributed by atoms with Crippen molar-refractivity contribution in [1.29, 1.82) is 0 Å². The Labute approximate surface area is 112 Å². The van der Waals surface area contributed by atoms with Crippen LogP contribution < -0.4 is 10.1 Å². The molecule has 0 aliphatic carbocycles. The van der Waals surface area contributed by atoms with Gasteiger partial charge in [-0.1, -0.05) is 18.2 Å². The summed E-state index contributed by atoms with van der Waals surface area (Å²) in [4.78, 5) is 16.0. The van der Waals surface area contributed by atoms with Gasteiger partial charge in [-0.2, -0.15) is 0 Å².